The van der Waals surface area contributed by atoms with Gasteiger partial charge in [0.05, 0.1) is 12.8 Å². The fourth-order valence-corrected chi connectivity index (χ4v) is 2.13. The summed E-state index contributed by atoms with van der Waals surface area (Å²) in [6.07, 6.45) is 1.76. The Balaban J connectivity index is 2.17. The van der Waals surface area contributed by atoms with Crippen LogP contribution in [0.4, 0.5) is 4.39 Å². The molecule has 1 heterocycles. The van der Waals surface area contributed by atoms with Crippen LogP contribution < -0.4 is 4.74 Å². The summed E-state index contributed by atoms with van der Waals surface area (Å²) in [6.45, 7) is 0. The second-order valence-corrected chi connectivity index (χ2v) is 4.26. The number of halogens is 1. The Morgan fingerprint density at radius 2 is 1.89 bits per heavy atom. The van der Waals surface area contributed by atoms with E-state index in [4.69, 9.17) is 4.74 Å². The van der Waals surface area contributed by atoms with Crippen molar-refractivity contribution < 1.29 is 9.13 Å². The van der Waals surface area contributed by atoms with E-state index in [1.165, 1.54) is 12.1 Å². The minimum atomic E-state index is -0.259. The lowest BCUT2D eigenvalue weighted by Gasteiger charge is -2.07. The molecule has 0 atom stereocenters. The zero-order chi connectivity index (χ0) is 13.2. The van der Waals surface area contributed by atoms with E-state index in [-0.39, 0.29) is 5.82 Å². The fraction of sp³-hybridized carbons (Fsp3) is 0.0625. The molecule has 0 unspecified atom stereocenters. The van der Waals surface area contributed by atoms with Crippen LogP contribution in [0.15, 0.2) is 54.7 Å². The first-order valence-corrected chi connectivity index (χ1v) is 5.96. The van der Waals surface area contributed by atoms with Gasteiger partial charge in [-0.25, -0.2) is 4.39 Å². The van der Waals surface area contributed by atoms with Crippen LogP contribution in [-0.4, -0.2) is 12.1 Å². The topological polar surface area (TPSA) is 22.1 Å². The number of ether oxygens (including phenoxy) is 1. The van der Waals surface area contributed by atoms with Crippen LogP contribution >= 0.6 is 0 Å². The van der Waals surface area contributed by atoms with E-state index < -0.39 is 0 Å². The van der Waals surface area contributed by atoms with Crippen LogP contribution in [-0.2, 0) is 0 Å². The third-order valence-electron chi connectivity index (χ3n) is 3.07. The molecule has 2 aromatic carbocycles. The number of nitrogens with zero attached hydrogens (tertiary/aromatic N) is 1. The van der Waals surface area contributed by atoms with E-state index >= 15 is 0 Å². The molecule has 1 aromatic heterocycles. The van der Waals surface area contributed by atoms with E-state index in [1.54, 1.807) is 19.4 Å². The molecule has 94 valence electrons. The van der Waals surface area contributed by atoms with Gasteiger partial charge in [0, 0.05) is 17.1 Å². The molecule has 3 heteroatoms. The molecular weight excluding hydrogens is 241 g/mol. The normalized spacial score (nSPS) is 10.6. The number of hydrogen-bond donors (Lipinski definition) is 0. The van der Waals surface area contributed by atoms with Crippen molar-refractivity contribution in [3.63, 3.8) is 0 Å². The first-order chi connectivity index (χ1) is 9.28. The first kappa shape index (κ1) is 11.7. The van der Waals surface area contributed by atoms with Crippen LogP contribution in [0.3, 0.4) is 0 Å². The van der Waals surface area contributed by atoms with Gasteiger partial charge >= 0.3 is 0 Å². The van der Waals surface area contributed by atoms with E-state index in [9.17, 15) is 4.39 Å². The van der Waals surface area contributed by atoms with Crippen molar-refractivity contribution in [3.05, 3.63) is 60.5 Å². The third-order valence-corrected chi connectivity index (χ3v) is 3.07. The summed E-state index contributed by atoms with van der Waals surface area (Å²) in [5.74, 6) is 0.529. The second-order valence-electron chi connectivity index (χ2n) is 4.26. The molecule has 0 aliphatic rings. The van der Waals surface area contributed by atoms with Gasteiger partial charge < -0.3 is 4.74 Å². The third kappa shape index (κ3) is 2.15. The number of rotatable bonds is 2. The molecule has 0 fully saturated rings. The molecule has 0 amide bonds. The standard InChI is InChI=1S/C16H12FNO/c1-19-16-7-3-4-11-9-15(18-10-14(11)16)12-5-2-6-13(17)8-12/h2-10H,1H3. The monoisotopic (exact) mass is 253 g/mol. The van der Waals surface area contributed by atoms with Gasteiger partial charge in [-0.1, -0.05) is 24.3 Å². The Hall–Kier alpha value is -2.42. The summed E-state index contributed by atoms with van der Waals surface area (Å²) in [5.41, 5.74) is 1.52. The molecule has 0 aliphatic carbocycles. The summed E-state index contributed by atoms with van der Waals surface area (Å²) in [5, 5.41) is 1.97. The van der Waals surface area contributed by atoms with Crippen molar-refractivity contribution in [1.29, 1.82) is 0 Å². The molecule has 2 nitrogen and oxygen atoms in total. The predicted molar refractivity (Wildman–Crippen MR) is 73.7 cm³/mol. The van der Waals surface area contributed by atoms with E-state index in [2.05, 4.69) is 4.98 Å². The lowest BCUT2D eigenvalue weighted by molar-refractivity contribution is 0.419. The van der Waals surface area contributed by atoms with Gasteiger partial charge in [0.25, 0.3) is 0 Å². The van der Waals surface area contributed by atoms with Crippen LogP contribution in [0.5, 0.6) is 5.75 Å². The first-order valence-electron chi connectivity index (χ1n) is 5.96. The van der Waals surface area contributed by atoms with Crippen molar-refractivity contribution in [2.24, 2.45) is 0 Å². The quantitative estimate of drug-likeness (QED) is 0.687. The summed E-state index contributed by atoms with van der Waals surface area (Å²) in [7, 11) is 1.63. The van der Waals surface area contributed by atoms with Gasteiger partial charge in [-0.15, -0.1) is 0 Å². The Labute approximate surface area is 110 Å². The molecule has 0 aliphatic heterocycles. The molecular formula is C16H12FNO. The van der Waals surface area contributed by atoms with Gasteiger partial charge in [0.15, 0.2) is 0 Å². The van der Waals surface area contributed by atoms with Crippen LogP contribution in [0, 0.1) is 5.82 Å². The lowest BCUT2D eigenvalue weighted by atomic mass is 10.1. The SMILES string of the molecule is COc1cccc2cc(-c3cccc(F)c3)ncc12. The van der Waals surface area contributed by atoms with Gasteiger partial charge in [0.2, 0.25) is 0 Å². The van der Waals surface area contributed by atoms with E-state index in [0.29, 0.717) is 0 Å². The van der Waals surface area contributed by atoms with Crippen molar-refractivity contribution >= 4 is 10.8 Å². The number of hydrogen-bond acceptors (Lipinski definition) is 2. The minimum Gasteiger partial charge on any atom is -0.496 e. The van der Waals surface area contributed by atoms with Gasteiger partial charge in [-0.2, -0.15) is 0 Å². The largest absolute Gasteiger partial charge is 0.496 e. The smallest absolute Gasteiger partial charge is 0.128 e. The van der Waals surface area contributed by atoms with Gasteiger partial charge in [-0.05, 0) is 29.7 Å². The predicted octanol–water partition coefficient (Wildman–Crippen LogP) is 4.05. The van der Waals surface area contributed by atoms with Crippen LogP contribution in [0.2, 0.25) is 0 Å². The maximum absolute atomic E-state index is 13.2. The van der Waals surface area contributed by atoms with Crippen molar-refractivity contribution in [1.82, 2.24) is 4.98 Å². The highest BCUT2D eigenvalue weighted by Gasteiger charge is 2.05. The number of fused-ring (bicyclic) bond motifs is 1. The van der Waals surface area contributed by atoms with Crippen LogP contribution in [0.1, 0.15) is 0 Å². The molecule has 19 heavy (non-hydrogen) atoms. The number of methoxy groups -OCH3 is 1. The average Bonchev–Trinajstić information content (AvgIpc) is 2.46. The summed E-state index contributed by atoms with van der Waals surface area (Å²) >= 11 is 0. The van der Waals surface area contributed by atoms with Crippen molar-refractivity contribution in [2.75, 3.05) is 7.11 Å². The van der Waals surface area contributed by atoms with Gasteiger partial charge in [0.1, 0.15) is 11.6 Å². The fourth-order valence-electron chi connectivity index (χ4n) is 2.13. The molecule has 0 radical (unpaired) electrons. The van der Waals surface area contributed by atoms with Crippen molar-refractivity contribution in [2.45, 2.75) is 0 Å². The highest BCUT2D eigenvalue weighted by molar-refractivity contribution is 5.90. The minimum absolute atomic E-state index is 0.259. The molecule has 0 saturated heterocycles. The molecule has 0 N–H and O–H groups in total. The Morgan fingerprint density at radius 3 is 2.68 bits per heavy atom. The second kappa shape index (κ2) is 4.69. The summed E-state index contributed by atoms with van der Waals surface area (Å²) in [6, 6.07) is 14.2. The van der Waals surface area contributed by atoms with E-state index in [0.717, 1.165) is 27.8 Å². The maximum atomic E-state index is 13.2. The number of benzene rings is 2. The average molecular weight is 253 g/mol. The van der Waals surface area contributed by atoms with E-state index in [1.807, 2.05) is 30.3 Å². The zero-order valence-electron chi connectivity index (χ0n) is 10.4. The summed E-state index contributed by atoms with van der Waals surface area (Å²) < 4.78 is 18.5. The number of pyridine rings is 1. The lowest BCUT2D eigenvalue weighted by Crippen LogP contribution is -1.88. The highest BCUT2D eigenvalue weighted by Crippen LogP contribution is 2.28. The Morgan fingerprint density at radius 1 is 1.05 bits per heavy atom. The zero-order valence-corrected chi connectivity index (χ0v) is 10.4. The van der Waals surface area contributed by atoms with Crippen LogP contribution in [0.25, 0.3) is 22.0 Å². The highest BCUT2D eigenvalue weighted by atomic mass is 19.1. The number of aromatic nitrogens is 1. The Kier molecular flexibility index (Phi) is 2.88. The summed E-state index contributed by atoms with van der Waals surface area (Å²) in [4.78, 5) is 4.38. The molecule has 0 saturated carbocycles. The maximum Gasteiger partial charge on any atom is 0.128 e. The van der Waals surface area contributed by atoms with Crippen molar-refractivity contribution in [3.8, 4) is 17.0 Å². The van der Waals surface area contributed by atoms with Gasteiger partial charge in [-0.3, -0.25) is 4.98 Å². The molecule has 3 rings (SSSR count). The molecule has 0 spiro atoms. The Bertz CT molecular complexity index is 740. The molecule has 3 aromatic rings. The molecule has 0 bridgehead atoms.